The number of hydrogen-bond donors (Lipinski definition) is 0. The van der Waals surface area contributed by atoms with Crippen LogP contribution in [0.25, 0.3) is 5.65 Å². The Bertz CT molecular complexity index is 1460. The van der Waals surface area contributed by atoms with E-state index in [1.54, 1.807) is 29.0 Å². The van der Waals surface area contributed by atoms with Gasteiger partial charge in [-0.1, -0.05) is 12.1 Å². The molecule has 1 aromatic carbocycles. The molecule has 36 heavy (non-hydrogen) atoms. The Kier molecular flexibility index (Phi) is 6.29. The van der Waals surface area contributed by atoms with E-state index in [0.29, 0.717) is 24.2 Å². The van der Waals surface area contributed by atoms with E-state index in [4.69, 9.17) is 0 Å². The van der Waals surface area contributed by atoms with Gasteiger partial charge < -0.3 is 5.11 Å². The van der Waals surface area contributed by atoms with Crippen LogP contribution in [0.2, 0.25) is 0 Å². The minimum absolute atomic E-state index is 0.0315. The molecule has 0 atom stereocenters. The molecule has 0 unspecified atom stereocenters. The van der Waals surface area contributed by atoms with Crippen LogP contribution in [0.5, 0.6) is 5.88 Å². The van der Waals surface area contributed by atoms with Gasteiger partial charge in [0.2, 0.25) is 10.0 Å². The number of hydrogen-bond acceptors (Lipinski definition) is 5. The monoisotopic (exact) mass is 522 g/mol. The number of halogens is 3. The maximum Gasteiger partial charge on any atom is 0.416 e. The highest BCUT2D eigenvalue weighted by Gasteiger charge is 2.34. The van der Waals surface area contributed by atoms with Crippen LogP contribution in [0.3, 0.4) is 0 Å². The van der Waals surface area contributed by atoms with Crippen molar-refractivity contribution >= 4 is 15.7 Å². The number of pyridine rings is 1. The van der Waals surface area contributed by atoms with Crippen molar-refractivity contribution in [2.45, 2.75) is 37.0 Å². The average Bonchev–Trinajstić information content (AvgIpc) is 3.68. The lowest BCUT2D eigenvalue weighted by Crippen LogP contribution is -2.50. The SMILES string of the molecule is O=c1c(CN2CCN(S(=O)(=O)c3cccc(C(F)(F)F)c3)CC2)c([O-])[n+](CC2CC2)c2ccccn12. The second kappa shape index (κ2) is 9.16. The second-order valence-corrected chi connectivity index (χ2v) is 11.2. The van der Waals surface area contributed by atoms with Crippen molar-refractivity contribution in [3.63, 3.8) is 0 Å². The first-order valence-electron chi connectivity index (χ1n) is 11.7. The van der Waals surface area contributed by atoms with E-state index in [9.17, 15) is 31.5 Å². The van der Waals surface area contributed by atoms with Crippen molar-refractivity contribution in [1.82, 2.24) is 13.6 Å². The Balaban J connectivity index is 1.35. The standard InChI is InChI=1S/C24H25F3N4O4S/c25-24(26,27)18-4-3-5-19(14-18)36(34,35)29-12-10-28(11-13-29)16-20-22(32)30-9-2-1-6-21(30)31(23(20)33)15-17-7-8-17/h1-6,9,14,17H,7-8,10-13,15-16H2. The lowest BCUT2D eigenvalue weighted by molar-refractivity contribution is -0.719. The van der Waals surface area contributed by atoms with Crippen LogP contribution in [-0.2, 0) is 29.3 Å². The van der Waals surface area contributed by atoms with Crippen LogP contribution in [0.1, 0.15) is 24.0 Å². The summed E-state index contributed by atoms with van der Waals surface area (Å²) < 4.78 is 69.3. The van der Waals surface area contributed by atoms with Crippen molar-refractivity contribution in [2.24, 2.45) is 5.92 Å². The van der Waals surface area contributed by atoms with Crippen LogP contribution < -0.4 is 15.2 Å². The van der Waals surface area contributed by atoms with E-state index in [1.807, 2.05) is 4.90 Å². The van der Waals surface area contributed by atoms with Crippen LogP contribution >= 0.6 is 0 Å². The molecule has 3 heterocycles. The highest BCUT2D eigenvalue weighted by molar-refractivity contribution is 7.89. The molecule has 192 valence electrons. The molecule has 8 nitrogen and oxygen atoms in total. The van der Waals surface area contributed by atoms with Crippen molar-refractivity contribution in [3.8, 4) is 5.88 Å². The molecular formula is C24H25F3N4O4S. The normalized spacial score (nSPS) is 18.1. The van der Waals surface area contributed by atoms with Crippen LogP contribution in [0, 0.1) is 5.92 Å². The number of nitrogens with zero attached hydrogens (tertiary/aromatic N) is 4. The summed E-state index contributed by atoms with van der Waals surface area (Å²) in [5.41, 5.74) is -0.767. The zero-order valence-corrected chi connectivity index (χ0v) is 20.1. The van der Waals surface area contributed by atoms with E-state index in [2.05, 4.69) is 0 Å². The Morgan fingerprint density at radius 1 is 1.03 bits per heavy atom. The van der Waals surface area contributed by atoms with Crippen molar-refractivity contribution < 1.29 is 31.3 Å². The van der Waals surface area contributed by atoms with Gasteiger partial charge in [-0.05, 0) is 43.0 Å². The number of fused-ring (bicyclic) bond motifs is 1. The third-order valence-electron chi connectivity index (χ3n) is 6.74. The number of aromatic nitrogens is 2. The van der Waals surface area contributed by atoms with Crippen molar-refractivity contribution in [3.05, 3.63) is 70.1 Å². The summed E-state index contributed by atoms with van der Waals surface area (Å²) in [7, 11) is -4.12. The molecule has 1 saturated carbocycles. The second-order valence-electron chi connectivity index (χ2n) is 9.28. The van der Waals surface area contributed by atoms with Gasteiger partial charge in [-0.3, -0.25) is 4.90 Å². The molecule has 0 bridgehead atoms. The molecule has 1 saturated heterocycles. The summed E-state index contributed by atoms with van der Waals surface area (Å²) in [5, 5.41) is 13.3. The molecular weight excluding hydrogens is 497 g/mol. The third-order valence-corrected chi connectivity index (χ3v) is 8.64. The highest BCUT2D eigenvalue weighted by Crippen LogP contribution is 2.32. The van der Waals surface area contributed by atoms with Crippen molar-refractivity contribution in [2.75, 3.05) is 26.2 Å². The summed E-state index contributed by atoms with van der Waals surface area (Å²) >= 11 is 0. The van der Waals surface area contributed by atoms with Gasteiger partial charge in [-0.25, -0.2) is 17.8 Å². The molecule has 0 amide bonds. The highest BCUT2D eigenvalue weighted by atomic mass is 32.2. The van der Waals surface area contributed by atoms with Gasteiger partial charge in [0.15, 0.2) is 0 Å². The first kappa shape index (κ1) is 24.7. The first-order chi connectivity index (χ1) is 17.1. The Morgan fingerprint density at radius 3 is 2.42 bits per heavy atom. The van der Waals surface area contributed by atoms with Gasteiger partial charge in [0, 0.05) is 38.8 Å². The third kappa shape index (κ3) is 4.72. The van der Waals surface area contributed by atoms with Gasteiger partial charge >= 0.3 is 11.7 Å². The maximum absolute atomic E-state index is 13.3. The lowest BCUT2D eigenvalue weighted by atomic mass is 10.2. The lowest BCUT2D eigenvalue weighted by Gasteiger charge is -2.34. The zero-order valence-electron chi connectivity index (χ0n) is 19.3. The molecule has 0 radical (unpaired) electrons. The van der Waals surface area contributed by atoms with E-state index in [1.165, 1.54) is 4.40 Å². The quantitative estimate of drug-likeness (QED) is 0.459. The summed E-state index contributed by atoms with van der Waals surface area (Å²) in [5.74, 6) is 0.0822. The molecule has 12 heteroatoms. The summed E-state index contributed by atoms with van der Waals surface area (Å²) in [6, 6.07) is 8.94. The molecule has 2 aromatic heterocycles. The predicted octanol–water partition coefficient (Wildman–Crippen LogP) is 1.60. The van der Waals surface area contributed by atoms with Gasteiger partial charge in [0.05, 0.1) is 34.6 Å². The topological polar surface area (TPSA) is 89.0 Å². The van der Waals surface area contributed by atoms with Gasteiger partial charge in [0.25, 0.3) is 5.65 Å². The number of piperazine rings is 1. The number of benzene rings is 1. The number of sulfonamides is 1. The summed E-state index contributed by atoms with van der Waals surface area (Å²) in [6.45, 7) is 1.14. The number of alkyl halides is 3. The average molecular weight is 523 g/mol. The van der Waals surface area contributed by atoms with E-state index >= 15 is 0 Å². The molecule has 1 aliphatic heterocycles. The summed E-state index contributed by atoms with van der Waals surface area (Å²) in [6.07, 6.45) is -0.932. The molecule has 2 aliphatic rings. The largest absolute Gasteiger partial charge is 0.842 e. The van der Waals surface area contributed by atoms with E-state index < -0.39 is 32.2 Å². The Hall–Kier alpha value is -2.96. The van der Waals surface area contributed by atoms with Crippen LogP contribution in [0.4, 0.5) is 13.2 Å². The number of rotatable bonds is 6. The Labute approximate surface area is 205 Å². The smallest absolute Gasteiger partial charge is 0.416 e. The fourth-order valence-electron chi connectivity index (χ4n) is 4.53. The molecule has 3 aromatic rings. The minimum atomic E-state index is -4.65. The van der Waals surface area contributed by atoms with Crippen LogP contribution in [0.15, 0.2) is 58.4 Å². The van der Waals surface area contributed by atoms with Gasteiger partial charge in [0.1, 0.15) is 0 Å². The molecule has 1 aliphatic carbocycles. The first-order valence-corrected chi connectivity index (χ1v) is 13.1. The zero-order chi connectivity index (χ0) is 25.7. The minimum Gasteiger partial charge on any atom is -0.842 e. The molecule has 5 rings (SSSR count). The van der Waals surface area contributed by atoms with Gasteiger partial charge in [-0.15, -0.1) is 0 Å². The van der Waals surface area contributed by atoms with E-state index in [-0.39, 0.29) is 44.2 Å². The fraction of sp³-hybridized carbons (Fsp3) is 0.417. The Morgan fingerprint density at radius 2 is 1.75 bits per heavy atom. The molecule has 2 fully saturated rings. The predicted molar refractivity (Wildman–Crippen MR) is 122 cm³/mol. The van der Waals surface area contributed by atoms with Crippen LogP contribution in [-0.4, -0.2) is 48.2 Å². The molecule has 0 N–H and O–H groups in total. The molecule has 0 spiro atoms. The van der Waals surface area contributed by atoms with Crippen molar-refractivity contribution in [1.29, 1.82) is 0 Å². The van der Waals surface area contributed by atoms with Gasteiger partial charge in [-0.2, -0.15) is 21.9 Å². The van der Waals surface area contributed by atoms with E-state index in [0.717, 1.165) is 35.3 Å². The maximum atomic E-state index is 13.3. The fourth-order valence-corrected chi connectivity index (χ4v) is 6.00. The summed E-state index contributed by atoms with van der Waals surface area (Å²) in [4.78, 5) is 14.5.